The molecule has 0 aliphatic rings. The van der Waals surface area contributed by atoms with Crippen LogP contribution in [0.15, 0.2) is 53.3 Å². The molecule has 0 saturated carbocycles. The van der Waals surface area contributed by atoms with Crippen molar-refractivity contribution in [3.05, 3.63) is 70.3 Å². The maximum Gasteiger partial charge on any atom is 0.404 e. The second-order valence-corrected chi connectivity index (χ2v) is 6.18. The average molecular weight is 366 g/mol. The molecule has 0 saturated heterocycles. The van der Waals surface area contributed by atoms with Crippen LogP contribution in [0, 0.1) is 0 Å². The van der Waals surface area contributed by atoms with E-state index >= 15 is 0 Å². The molecule has 7 nitrogen and oxygen atoms in total. The summed E-state index contributed by atoms with van der Waals surface area (Å²) < 4.78 is 1.63. The number of aromatic nitrogens is 2. The van der Waals surface area contributed by atoms with E-state index in [9.17, 15) is 9.59 Å². The minimum atomic E-state index is -1.06. The zero-order chi connectivity index (χ0) is 19.2. The number of amides is 1. The molecule has 1 heterocycles. The van der Waals surface area contributed by atoms with Crippen LogP contribution in [0.2, 0.25) is 0 Å². The lowest BCUT2D eigenvalue weighted by Crippen LogP contribution is -2.27. The maximum absolute atomic E-state index is 13.4. The third kappa shape index (κ3) is 4.15. The fraction of sp³-hybridized carbons (Fsp3) is 0.250. The first-order valence-corrected chi connectivity index (χ1v) is 8.82. The number of fused-ring (bicyclic) bond motifs is 1. The average Bonchev–Trinajstić information content (AvgIpc) is 2.66. The summed E-state index contributed by atoms with van der Waals surface area (Å²) in [6.45, 7) is 0.878. The number of nitrogens with one attached hydrogen (secondary N) is 2. The Kier molecular flexibility index (Phi) is 5.83. The van der Waals surface area contributed by atoms with E-state index in [0.717, 1.165) is 11.3 Å². The van der Waals surface area contributed by atoms with E-state index in [1.165, 1.54) is 0 Å². The van der Waals surface area contributed by atoms with Gasteiger partial charge in [-0.05, 0) is 37.2 Å². The van der Waals surface area contributed by atoms with Gasteiger partial charge in [-0.1, -0.05) is 30.3 Å². The highest BCUT2D eigenvalue weighted by molar-refractivity contribution is 5.81. The first-order chi connectivity index (χ1) is 13.1. The number of hydrogen-bond acceptors (Lipinski definition) is 4. The van der Waals surface area contributed by atoms with Crippen LogP contribution in [-0.2, 0) is 13.0 Å². The van der Waals surface area contributed by atoms with Crippen molar-refractivity contribution in [1.29, 1.82) is 0 Å². The van der Waals surface area contributed by atoms with Crippen LogP contribution in [0.1, 0.15) is 17.8 Å². The van der Waals surface area contributed by atoms with Crippen LogP contribution in [0.4, 0.5) is 4.79 Å². The van der Waals surface area contributed by atoms with Gasteiger partial charge in [0, 0.05) is 19.5 Å². The summed E-state index contributed by atoms with van der Waals surface area (Å²) in [7, 11) is 1.84. The largest absolute Gasteiger partial charge is 0.465 e. The Labute approximate surface area is 156 Å². The summed E-state index contributed by atoms with van der Waals surface area (Å²) >= 11 is 0. The fourth-order valence-corrected chi connectivity index (χ4v) is 3.14. The minimum Gasteiger partial charge on any atom is -0.465 e. The van der Waals surface area contributed by atoms with Crippen molar-refractivity contribution in [1.82, 2.24) is 20.2 Å². The van der Waals surface area contributed by atoms with Crippen molar-refractivity contribution in [2.24, 2.45) is 0 Å². The number of benzene rings is 2. The zero-order valence-electron chi connectivity index (χ0n) is 15.1. The molecule has 0 spiro atoms. The van der Waals surface area contributed by atoms with Crippen LogP contribution in [-0.4, -0.2) is 34.3 Å². The molecule has 1 amide bonds. The molecular formula is C20H22N4O3. The van der Waals surface area contributed by atoms with Gasteiger partial charge in [-0.25, -0.2) is 9.78 Å². The molecule has 3 rings (SSSR count). The number of carbonyl (C=O) groups is 1. The van der Waals surface area contributed by atoms with E-state index in [2.05, 4.69) is 10.6 Å². The van der Waals surface area contributed by atoms with Crippen molar-refractivity contribution in [2.45, 2.75) is 19.4 Å². The first-order valence-electron chi connectivity index (χ1n) is 8.82. The topological polar surface area (TPSA) is 96.2 Å². The molecular weight excluding hydrogens is 344 g/mol. The molecule has 0 aliphatic heterocycles. The molecule has 27 heavy (non-hydrogen) atoms. The predicted octanol–water partition coefficient (Wildman–Crippen LogP) is 2.31. The molecule has 140 valence electrons. The van der Waals surface area contributed by atoms with Crippen LogP contribution in [0.3, 0.4) is 0 Å². The number of nitrogens with zero attached hydrogens (tertiary/aromatic N) is 2. The number of hydrogen-bond donors (Lipinski definition) is 3. The highest BCUT2D eigenvalue weighted by Gasteiger charge is 2.15. The summed E-state index contributed by atoms with van der Waals surface area (Å²) in [5.74, 6) is 0.618. The molecule has 0 unspecified atom stereocenters. The second kappa shape index (κ2) is 8.46. The van der Waals surface area contributed by atoms with Gasteiger partial charge >= 0.3 is 6.09 Å². The SMILES string of the molecule is CNCc1cccc2nc(CCCNC(=O)O)n(-c3ccccc3)c(=O)c12. The number of para-hydroxylation sites is 1. The van der Waals surface area contributed by atoms with Crippen LogP contribution >= 0.6 is 0 Å². The molecule has 3 aromatic rings. The Morgan fingerprint density at radius 3 is 2.63 bits per heavy atom. The van der Waals surface area contributed by atoms with E-state index in [0.29, 0.717) is 42.7 Å². The van der Waals surface area contributed by atoms with Crippen molar-refractivity contribution >= 4 is 17.0 Å². The highest BCUT2D eigenvalue weighted by atomic mass is 16.4. The van der Waals surface area contributed by atoms with Crippen molar-refractivity contribution in [3.63, 3.8) is 0 Å². The molecule has 3 N–H and O–H groups in total. The Morgan fingerprint density at radius 1 is 1.15 bits per heavy atom. The van der Waals surface area contributed by atoms with E-state index in [1.807, 2.05) is 55.6 Å². The van der Waals surface area contributed by atoms with Gasteiger partial charge < -0.3 is 15.7 Å². The smallest absolute Gasteiger partial charge is 0.404 e. The van der Waals surface area contributed by atoms with Crippen molar-refractivity contribution in [2.75, 3.05) is 13.6 Å². The summed E-state index contributed by atoms with van der Waals surface area (Å²) in [5, 5.41) is 14.8. The van der Waals surface area contributed by atoms with Gasteiger partial charge in [-0.3, -0.25) is 9.36 Å². The third-order valence-electron chi connectivity index (χ3n) is 4.29. The lowest BCUT2D eigenvalue weighted by molar-refractivity contribution is 0.194. The Balaban J connectivity index is 2.12. The lowest BCUT2D eigenvalue weighted by Gasteiger charge is -2.15. The van der Waals surface area contributed by atoms with E-state index in [1.54, 1.807) is 4.57 Å². The Hall–Kier alpha value is -3.19. The molecule has 0 fully saturated rings. The summed E-state index contributed by atoms with van der Waals surface area (Å²) in [4.78, 5) is 28.7. The fourth-order valence-electron chi connectivity index (χ4n) is 3.14. The highest BCUT2D eigenvalue weighted by Crippen LogP contribution is 2.17. The van der Waals surface area contributed by atoms with Gasteiger partial charge in [-0.2, -0.15) is 0 Å². The quantitative estimate of drug-likeness (QED) is 0.558. The third-order valence-corrected chi connectivity index (χ3v) is 4.29. The van der Waals surface area contributed by atoms with Gasteiger partial charge in [0.25, 0.3) is 5.56 Å². The van der Waals surface area contributed by atoms with Crippen molar-refractivity contribution in [3.8, 4) is 5.69 Å². The molecule has 0 radical (unpaired) electrons. The number of rotatable bonds is 7. The Morgan fingerprint density at radius 2 is 1.93 bits per heavy atom. The molecule has 1 aromatic heterocycles. The van der Waals surface area contributed by atoms with Crippen LogP contribution in [0.5, 0.6) is 0 Å². The zero-order valence-corrected chi connectivity index (χ0v) is 15.1. The van der Waals surface area contributed by atoms with Gasteiger partial charge in [0.1, 0.15) is 5.82 Å². The normalized spacial score (nSPS) is 10.9. The lowest BCUT2D eigenvalue weighted by atomic mass is 10.1. The summed E-state index contributed by atoms with van der Waals surface area (Å²) in [6.07, 6.45) is -0.0252. The van der Waals surface area contributed by atoms with Crippen LogP contribution in [0.25, 0.3) is 16.6 Å². The molecule has 7 heteroatoms. The first kappa shape index (κ1) is 18.6. The standard InChI is InChI=1S/C20H22N4O3/c1-21-13-14-7-5-10-16-18(14)19(25)24(15-8-3-2-4-9-15)17(23-16)11-6-12-22-20(26)27/h2-5,7-10,21-22H,6,11-13H2,1H3,(H,26,27). The number of carboxylic acid groups (broad SMARTS) is 1. The number of aryl methyl sites for hydroxylation is 1. The Bertz CT molecular complexity index is 999. The maximum atomic E-state index is 13.4. The van der Waals surface area contributed by atoms with E-state index in [-0.39, 0.29) is 5.56 Å². The van der Waals surface area contributed by atoms with Gasteiger partial charge in [0.15, 0.2) is 0 Å². The summed E-state index contributed by atoms with van der Waals surface area (Å²) in [5.41, 5.74) is 2.19. The molecule has 0 aliphatic carbocycles. The van der Waals surface area contributed by atoms with Gasteiger partial charge in [-0.15, -0.1) is 0 Å². The predicted molar refractivity (Wildman–Crippen MR) is 104 cm³/mol. The van der Waals surface area contributed by atoms with Gasteiger partial charge in [0.05, 0.1) is 16.6 Å². The van der Waals surface area contributed by atoms with Gasteiger partial charge in [0.2, 0.25) is 0 Å². The summed E-state index contributed by atoms with van der Waals surface area (Å²) in [6, 6.07) is 15.0. The minimum absolute atomic E-state index is 0.113. The monoisotopic (exact) mass is 366 g/mol. The van der Waals surface area contributed by atoms with E-state index < -0.39 is 6.09 Å². The van der Waals surface area contributed by atoms with Crippen LogP contribution < -0.4 is 16.2 Å². The van der Waals surface area contributed by atoms with Crippen molar-refractivity contribution < 1.29 is 9.90 Å². The molecule has 0 atom stereocenters. The second-order valence-electron chi connectivity index (χ2n) is 6.18. The molecule has 0 bridgehead atoms. The molecule has 2 aromatic carbocycles. The van der Waals surface area contributed by atoms with E-state index in [4.69, 9.17) is 10.1 Å².